The molecule has 0 aliphatic carbocycles. The van der Waals surface area contributed by atoms with Crippen molar-refractivity contribution in [1.82, 2.24) is 5.48 Å². The van der Waals surface area contributed by atoms with E-state index in [4.69, 9.17) is 0 Å². The van der Waals surface area contributed by atoms with Gasteiger partial charge in [0.2, 0.25) is 0 Å². The molecule has 4 nitrogen and oxygen atoms in total. The third-order valence-electron chi connectivity index (χ3n) is 1.59. The molecular formula is C9H12N2O2. The molecule has 0 bridgehead atoms. The van der Waals surface area contributed by atoms with Crippen LogP contribution in [0.2, 0.25) is 0 Å². The summed E-state index contributed by atoms with van der Waals surface area (Å²) in [6.45, 7) is 1.92. The molecule has 0 spiro atoms. The molecule has 0 radical (unpaired) electrons. The fourth-order valence-corrected chi connectivity index (χ4v) is 0.954. The molecule has 2 N–H and O–H groups in total. The lowest BCUT2D eigenvalue weighted by atomic mass is 10.2. The molecule has 2 amide bonds. The minimum absolute atomic E-state index is 0.378. The minimum atomic E-state index is -0.378. The largest absolute Gasteiger partial charge is 0.343 e. The number of rotatable bonds is 2. The summed E-state index contributed by atoms with van der Waals surface area (Å²) in [5, 5.41) is 2.64. The number of urea groups is 1. The van der Waals surface area contributed by atoms with Gasteiger partial charge < -0.3 is 5.32 Å². The average Bonchev–Trinajstić information content (AvgIpc) is 2.09. The van der Waals surface area contributed by atoms with Crippen molar-refractivity contribution in [3.05, 3.63) is 29.8 Å². The predicted molar refractivity (Wildman–Crippen MR) is 50.3 cm³/mol. The second kappa shape index (κ2) is 4.47. The number of hydroxylamine groups is 1. The van der Waals surface area contributed by atoms with Gasteiger partial charge in [0.05, 0.1) is 7.11 Å². The van der Waals surface area contributed by atoms with Crippen molar-refractivity contribution in [3.8, 4) is 0 Å². The number of hydrogen-bond donors (Lipinski definition) is 2. The molecule has 0 unspecified atom stereocenters. The fraction of sp³-hybridized carbons (Fsp3) is 0.222. The predicted octanol–water partition coefficient (Wildman–Crippen LogP) is 1.68. The summed E-state index contributed by atoms with van der Waals surface area (Å²) in [5.74, 6) is 0. The molecule has 1 aromatic rings. The van der Waals surface area contributed by atoms with Crippen LogP contribution < -0.4 is 10.8 Å². The van der Waals surface area contributed by atoms with Gasteiger partial charge in [0.15, 0.2) is 0 Å². The van der Waals surface area contributed by atoms with Crippen LogP contribution in [0.4, 0.5) is 10.5 Å². The van der Waals surface area contributed by atoms with Crippen molar-refractivity contribution in [2.75, 3.05) is 12.4 Å². The third kappa shape index (κ3) is 2.76. The van der Waals surface area contributed by atoms with Crippen molar-refractivity contribution in [2.45, 2.75) is 6.92 Å². The lowest BCUT2D eigenvalue weighted by Crippen LogP contribution is -2.27. The molecule has 0 saturated heterocycles. The van der Waals surface area contributed by atoms with Gasteiger partial charge in [0.1, 0.15) is 0 Å². The van der Waals surface area contributed by atoms with Gasteiger partial charge in [0.25, 0.3) is 0 Å². The first-order valence-electron chi connectivity index (χ1n) is 3.89. The van der Waals surface area contributed by atoms with E-state index >= 15 is 0 Å². The first-order valence-corrected chi connectivity index (χ1v) is 3.89. The number of anilines is 1. The van der Waals surface area contributed by atoms with Crippen LogP contribution in [0.3, 0.4) is 0 Å². The van der Waals surface area contributed by atoms with Crippen LogP contribution in [-0.4, -0.2) is 13.1 Å². The highest BCUT2D eigenvalue weighted by atomic mass is 16.6. The quantitative estimate of drug-likeness (QED) is 0.680. The summed E-state index contributed by atoms with van der Waals surface area (Å²) in [7, 11) is 1.39. The fourth-order valence-electron chi connectivity index (χ4n) is 0.954. The van der Waals surface area contributed by atoms with Crippen LogP contribution in [0.15, 0.2) is 24.3 Å². The number of carbonyl (C=O) groups is 1. The standard InChI is InChI=1S/C9H12N2O2/c1-7-5-3-4-6-8(7)10-9(12)11-13-2/h3-6H,1-2H3,(H2,10,11,12). The molecule has 0 heterocycles. The van der Waals surface area contributed by atoms with Crippen LogP contribution in [-0.2, 0) is 4.84 Å². The number of nitrogens with one attached hydrogen (secondary N) is 2. The van der Waals surface area contributed by atoms with E-state index in [1.54, 1.807) is 0 Å². The topological polar surface area (TPSA) is 50.4 Å². The molecule has 0 atom stereocenters. The SMILES string of the molecule is CONC(=O)Nc1ccccc1C. The zero-order chi connectivity index (χ0) is 9.68. The van der Waals surface area contributed by atoms with E-state index < -0.39 is 0 Å². The maximum atomic E-state index is 11.0. The van der Waals surface area contributed by atoms with Gasteiger partial charge in [0, 0.05) is 5.69 Å². The lowest BCUT2D eigenvalue weighted by molar-refractivity contribution is 0.114. The van der Waals surface area contributed by atoms with Gasteiger partial charge in [-0.15, -0.1) is 0 Å². The van der Waals surface area contributed by atoms with E-state index in [9.17, 15) is 4.79 Å². The monoisotopic (exact) mass is 180 g/mol. The van der Waals surface area contributed by atoms with E-state index in [1.165, 1.54) is 7.11 Å². The summed E-state index contributed by atoms with van der Waals surface area (Å²) in [4.78, 5) is 15.5. The summed E-state index contributed by atoms with van der Waals surface area (Å²) in [6.07, 6.45) is 0. The molecular weight excluding hydrogens is 168 g/mol. The Morgan fingerprint density at radius 3 is 2.69 bits per heavy atom. The van der Waals surface area contributed by atoms with Crippen molar-refractivity contribution < 1.29 is 9.63 Å². The zero-order valence-corrected chi connectivity index (χ0v) is 7.63. The Balaban J connectivity index is 2.63. The van der Waals surface area contributed by atoms with Gasteiger partial charge in [-0.3, -0.25) is 4.84 Å². The Labute approximate surface area is 76.9 Å². The number of para-hydroxylation sites is 1. The first kappa shape index (κ1) is 9.54. The first-order chi connectivity index (χ1) is 6.24. The molecule has 13 heavy (non-hydrogen) atoms. The third-order valence-corrected chi connectivity index (χ3v) is 1.59. The highest BCUT2D eigenvalue weighted by molar-refractivity contribution is 5.89. The van der Waals surface area contributed by atoms with E-state index in [2.05, 4.69) is 15.6 Å². The van der Waals surface area contributed by atoms with E-state index in [1.807, 2.05) is 31.2 Å². The van der Waals surface area contributed by atoms with Crippen molar-refractivity contribution in [1.29, 1.82) is 0 Å². The Bertz CT molecular complexity index is 299. The molecule has 70 valence electrons. The van der Waals surface area contributed by atoms with Gasteiger partial charge in [-0.25, -0.2) is 10.3 Å². The summed E-state index contributed by atoms with van der Waals surface area (Å²) in [6, 6.07) is 7.13. The maximum absolute atomic E-state index is 11.0. The smallest absolute Gasteiger partial charge is 0.306 e. The number of hydrogen-bond acceptors (Lipinski definition) is 2. The Hall–Kier alpha value is -1.55. The molecule has 0 fully saturated rings. The van der Waals surface area contributed by atoms with Gasteiger partial charge in [-0.05, 0) is 18.6 Å². The van der Waals surface area contributed by atoms with Crippen LogP contribution in [0.5, 0.6) is 0 Å². The number of benzene rings is 1. The lowest BCUT2D eigenvalue weighted by Gasteiger charge is -2.07. The van der Waals surface area contributed by atoms with Crippen LogP contribution in [0.1, 0.15) is 5.56 Å². The Kier molecular flexibility index (Phi) is 3.28. The molecule has 1 aromatic carbocycles. The van der Waals surface area contributed by atoms with Crippen molar-refractivity contribution in [2.24, 2.45) is 0 Å². The van der Waals surface area contributed by atoms with Crippen LogP contribution in [0.25, 0.3) is 0 Å². The normalized spacial score (nSPS) is 9.38. The van der Waals surface area contributed by atoms with Gasteiger partial charge in [-0.2, -0.15) is 0 Å². The highest BCUT2D eigenvalue weighted by Crippen LogP contribution is 2.12. The van der Waals surface area contributed by atoms with E-state index in [-0.39, 0.29) is 6.03 Å². The molecule has 0 saturated carbocycles. The second-order valence-corrected chi connectivity index (χ2v) is 2.58. The molecule has 1 rings (SSSR count). The molecule has 4 heteroatoms. The van der Waals surface area contributed by atoms with E-state index in [0.717, 1.165) is 11.3 Å². The average molecular weight is 180 g/mol. The van der Waals surface area contributed by atoms with Gasteiger partial charge in [-0.1, -0.05) is 18.2 Å². The number of amides is 2. The van der Waals surface area contributed by atoms with E-state index in [0.29, 0.717) is 0 Å². The molecule has 0 aromatic heterocycles. The number of carbonyl (C=O) groups excluding carboxylic acids is 1. The minimum Gasteiger partial charge on any atom is -0.306 e. The van der Waals surface area contributed by atoms with Crippen LogP contribution in [0, 0.1) is 6.92 Å². The zero-order valence-electron chi connectivity index (χ0n) is 7.63. The van der Waals surface area contributed by atoms with Crippen molar-refractivity contribution >= 4 is 11.7 Å². The van der Waals surface area contributed by atoms with Crippen molar-refractivity contribution in [3.63, 3.8) is 0 Å². The summed E-state index contributed by atoms with van der Waals surface area (Å²) < 4.78 is 0. The van der Waals surface area contributed by atoms with Crippen LogP contribution >= 0.6 is 0 Å². The Morgan fingerprint density at radius 2 is 2.08 bits per heavy atom. The Morgan fingerprint density at radius 1 is 1.38 bits per heavy atom. The maximum Gasteiger partial charge on any atom is 0.343 e. The summed E-state index contributed by atoms with van der Waals surface area (Å²) in [5.41, 5.74) is 3.95. The second-order valence-electron chi connectivity index (χ2n) is 2.58. The number of aryl methyl sites for hydroxylation is 1. The highest BCUT2D eigenvalue weighted by Gasteiger charge is 2.01. The van der Waals surface area contributed by atoms with Gasteiger partial charge >= 0.3 is 6.03 Å². The molecule has 0 aliphatic heterocycles. The summed E-state index contributed by atoms with van der Waals surface area (Å²) >= 11 is 0. The molecule has 0 aliphatic rings.